The summed E-state index contributed by atoms with van der Waals surface area (Å²) in [6, 6.07) is 12.3. The van der Waals surface area contributed by atoms with Gasteiger partial charge in [0, 0.05) is 11.3 Å². The van der Waals surface area contributed by atoms with E-state index in [4.69, 9.17) is 8.83 Å². The first kappa shape index (κ1) is 16.1. The second-order valence-corrected chi connectivity index (χ2v) is 4.89. The summed E-state index contributed by atoms with van der Waals surface area (Å²) in [5.74, 6) is -1.21. The predicted molar refractivity (Wildman–Crippen MR) is 86.7 cm³/mol. The van der Waals surface area contributed by atoms with E-state index in [-0.39, 0.29) is 11.5 Å². The zero-order valence-electron chi connectivity index (χ0n) is 12.8. The van der Waals surface area contributed by atoms with Crippen molar-refractivity contribution < 1.29 is 23.2 Å². The predicted octanol–water partition coefficient (Wildman–Crippen LogP) is 2.20. The summed E-state index contributed by atoms with van der Waals surface area (Å²) < 4.78 is 9.90. The number of carbonyl (C=O) groups is 3. The highest BCUT2D eigenvalue weighted by Crippen LogP contribution is 2.11. The van der Waals surface area contributed by atoms with E-state index in [2.05, 4.69) is 16.2 Å². The van der Waals surface area contributed by atoms with E-state index >= 15 is 0 Å². The van der Waals surface area contributed by atoms with Crippen LogP contribution in [-0.4, -0.2) is 17.7 Å². The van der Waals surface area contributed by atoms with Crippen LogP contribution in [0, 0.1) is 0 Å². The fourth-order valence-corrected chi connectivity index (χ4v) is 1.96. The number of hydrogen-bond acceptors (Lipinski definition) is 5. The minimum atomic E-state index is -0.569. The van der Waals surface area contributed by atoms with Gasteiger partial charge in [0.1, 0.15) is 0 Å². The third-order valence-corrected chi connectivity index (χ3v) is 3.18. The average Bonchev–Trinajstić information content (AvgIpc) is 3.33. The molecule has 0 unspecified atom stereocenters. The van der Waals surface area contributed by atoms with E-state index in [1.165, 1.54) is 30.7 Å². The van der Waals surface area contributed by atoms with Gasteiger partial charge in [-0.3, -0.25) is 25.2 Å². The number of rotatable bonds is 4. The van der Waals surface area contributed by atoms with Gasteiger partial charge in [-0.05, 0) is 48.5 Å². The van der Waals surface area contributed by atoms with E-state index in [9.17, 15) is 14.4 Å². The molecule has 126 valence electrons. The summed E-state index contributed by atoms with van der Waals surface area (Å²) in [5, 5.41) is 2.63. The van der Waals surface area contributed by atoms with Gasteiger partial charge < -0.3 is 14.2 Å². The number of benzene rings is 1. The van der Waals surface area contributed by atoms with Gasteiger partial charge >= 0.3 is 5.91 Å². The molecule has 0 aliphatic heterocycles. The van der Waals surface area contributed by atoms with Crippen molar-refractivity contribution in [3.05, 3.63) is 78.1 Å². The molecule has 3 N–H and O–H groups in total. The van der Waals surface area contributed by atoms with Crippen LogP contribution >= 0.6 is 0 Å². The van der Waals surface area contributed by atoms with Gasteiger partial charge in [0.05, 0.1) is 12.5 Å². The molecule has 0 saturated heterocycles. The normalized spacial score (nSPS) is 10.1. The third kappa shape index (κ3) is 3.94. The Bertz CT molecular complexity index is 868. The van der Waals surface area contributed by atoms with Crippen molar-refractivity contribution in [2.75, 3.05) is 5.32 Å². The first-order chi connectivity index (χ1) is 12.1. The first-order valence-electron chi connectivity index (χ1n) is 7.22. The molecule has 2 heterocycles. The Morgan fingerprint density at radius 1 is 0.680 bits per heavy atom. The maximum absolute atomic E-state index is 12.0. The highest BCUT2D eigenvalue weighted by Gasteiger charge is 2.12. The molecule has 3 aromatic rings. The third-order valence-electron chi connectivity index (χ3n) is 3.18. The molecule has 0 spiro atoms. The number of amides is 3. The molecule has 0 atom stereocenters. The van der Waals surface area contributed by atoms with Crippen molar-refractivity contribution in [2.45, 2.75) is 0 Å². The lowest BCUT2D eigenvalue weighted by Crippen LogP contribution is -2.41. The summed E-state index contributed by atoms with van der Waals surface area (Å²) in [6.45, 7) is 0. The van der Waals surface area contributed by atoms with Crippen LogP contribution in [0.25, 0.3) is 0 Å². The first-order valence-corrected chi connectivity index (χ1v) is 7.22. The van der Waals surface area contributed by atoms with Crippen LogP contribution in [0.1, 0.15) is 31.5 Å². The second kappa shape index (κ2) is 7.18. The summed E-state index contributed by atoms with van der Waals surface area (Å²) in [7, 11) is 0. The van der Waals surface area contributed by atoms with E-state index < -0.39 is 17.7 Å². The van der Waals surface area contributed by atoms with Crippen molar-refractivity contribution in [1.82, 2.24) is 10.9 Å². The van der Waals surface area contributed by atoms with Crippen LogP contribution in [0.5, 0.6) is 0 Å². The molecule has 3 amide bonds. The van der Waals surface area contributed by atoms with Gasteiger partial charge in [0.25, 0.3) is 11.8 Å². The second-order valence-electron chi connectivity index (χ2n) is 4.89. The highest BCUT2D eigenvalue weighted by atomic mass is 16.3. The molecule has 25 heavy (non-hydrogen) atoms. The maximum Gasteiger partial charge on any atom is 0.305 e. The summed E-state index contributed by atoms with van der Waals surface area (Å²) in [5.41, 5.74) is 5.30. The zero-order valence-corrected chi connectivity index (χ0v) is 12.8. The van der Waals surface area contributed by atoms with Crippen molar-refractivity contribution in [3.63, 3.8) is 0 Å². The number of furan rings is 2. The highest BCUT2D eigenvalue weighted by molar-refractivity contribution is 6.03. The van der Waals surface area contributed by atoms with Crippen molar-refractivity contribution in [2.24, 2.45) is 0 Å². The lowest BCUT2D eigenvalue weighted by Gasteiger charge is -2.07. The molecule has 8 heteroatoms. The van der Waals surface area contributed by atoms with Gasteiger partial charge in [-0.2, -0.15) is 0 Å². The van der Waals surface area contributed by atoms with Crippen molar-refractivity contribution >= 4 is 23.4 Å². The Morgan fingerprint density at radius 3 is 1.80 bits per heavy atom. The molecule has 1 aromatic carbocycles. The smallest absolute Gasteiger partial charge is 0.305 e. The minimum absolute atomic E-state index is 0.0799. The largest absolute Gasteiger partial charge is 0.459 e. The van der Waals surface area contributed by atoms with Crippen LogP contribution in [-0.2, 0) is 0 Å². The maximum atomic E-state index is 12.0. The van der Waals surface area contributed by atoms with Gasteiger partial charge in [-0.15, -0.1) is 0 Å². The standard InChI is InChI=1S/C17H13N3O5/c21-15(19-20-17(23)14-4-2-10-25-14)11-5-7-12(8-6-11)18-16(22)13-3-1-9-24-13/h1-10H,(H,18,22)(H,19,21)(H,20,23). The molecular weight excluding hydrogens is 326 g/mol. The fraction of sp³-hybridized carbons (Fsp3) is 0. The van der Waals surface area contributed by atoms with Crippen LogP contribution in [0.4, 0.5) is 5.69 Å². The summed E-state index contributed by atoms with van der Waals surface area (Å²) >= 11 is 0. The number of hydrogen-bond donors (Lipinski definition) is 3. The Kier molecular flexibility index (Phi) is 4.61. The molecule has 2 aromatic heterocycles. The Hall–Kier alpha value is -3.81. The van der Waals surface area contributed by atoms with E-state index in [1.54, 1.807) is 30.3 Å². The molecule has 0 aliphatic carbocycles. The van der Waals surface area contributed by atoms with Crippen LogP contribution in [0.2, 0.25) is 0 Å². The quantitative estimate of drug-likeness (QED) is 0.631. The molecule has 0 fully saturated rings. The van der Waals surface area contributed by atoms with Gasteiger partial charge in [-0.25, -0.2) is 0 Å². The number of carbonyl (C=O) groups excluding carboxylic acids is 3. The van der Waals surface area contributed by atoms with Crippen LogP contribution < -0.4 is 16.2 Å². The number of nitrogens with one attached hydrogen (secondary N) is 3. The fourth-order valence-electron chi connectivity index (χ4n) is 1.96. The Balaban J connectivity index is 1.55. The number of hydrazine groups is 1. The summed E-state index contributed by atoms with van der Waals surface area (Å²) in [6.07, 6.45) is 2.76. The molecule has 0 saturated carbocycles. The molecule has 8 nitrogen and oxygen atoms in total. The number of anilines is 1. The molecular formula is C17H13N3O5. The minimum Gasteiger partial charge on any atom is -0.459 e. The topological polar surface area (TPSA) is 114 Å². The zero-order chi connectivity index (χ0) is 17.6. The molecule has 0 aliphatic rings. The molecule has 0 radical (unpaired) electrons. The summed E-state index contributed by atoms with van der Waals surface area (Å²) in [4.78, 5) is 35.5. The average molecular weight is 339 g/mol. The lowest BCUT2D eigenvalue weighted by atomic mass is 10.2. The van der Waals surface area contributed by atoms with Gasteiger partial charge in [-0.1, -0.05) is 0 Å². The van der Waals surface area contributed by atoms with Gasteiger partial charge in [0.2, 0.25) is 0 Å². The van der Waals surface area contributed by atoms with Crippen LogP contribution in [0.3, 0.4) is 0 Å². The Labute approximate surface area is 141 Å². The Morgan fingerprint density at radius 2 is 1.24 bits per heavy atom. The molecule has 3 rings (SSSR count). The van der Waals surface area contributed by atoms with Crippen LogP contribution in [0.15, 0.2) is 69.9 Å². The van der Waals surface area contributed by atoms with Crippen molar-refractivity contribution in [1.29, 1.82) is 0 Å². The van der Waals surface area contributed by atoms with E-state index in [0.29, 0.717) is 11.3 Å². The molecule has 0 bridgehead atoms. The SMILES string of the molecule is O=C(NNC(=O)c1ccco1)c1ccc(NC(=O)c2ccco2)cc1. The van der Waals surface area contributed by atoms with E-state index in [0.717, 1.165) is 0 Å². The lowest BCUT2D eigenvalue weighted by molar-refractivity contribution is 0.0831. The van der Waals surface area contributed by atoms with Gasteiger partial charge in [0.15, 0.2) is 11.5 Å². The monoisotopic (exact) mass is 339 g/mol. The van der Waals surface area contributed by atoms with E-state index in [1.807, 2.05) is 0 Å². The van der Waals surface area contributed by atoms with Crippen molar-refractivity contribution in [3.8, 4) is 0 Å².